The van der Waals surface area contributed by atoms with Gasteiger partial charge in [-0.2, -0.15) is 5.10 Å². The van der Waals surface area contributed by atoms with Crippen LogP contribution in [0.5, 0.6) is 0 Å². The molecule has 1 saturated carbocycles. The van der Waals surface area contributed by atoms with E-state index in [0.717, 1.165) is 12.8 Å². The van der Waals surface area contributed by atoms with Crippen LogP contribution in [0.3, 0.4) is 0 Å². The number of hydrogen-bond acceptors (Lipinski definition) is 4. The first kappa shape index (κ1) is 14.3. The van der Waals surface area contributed by atoms with Crippen molar-refractivity contribution in [1.29, 1.82) is 0 Å². The van der Waals surface area contributed by atoms with Gasteiger partial charge in [-0.15, -0.1) is 0 Å². The highest BCUT2D eigenvalue weighted by atomic mass is 32.2. The molecule has 6 nitrogen and oxygen atoms in total. The summed E-state index contributed by atoms with van der Waals surface area (Å²) in [6.45, 7) is 1.87. The summed E-state index contributed by atoms with van der Waals surface area (Å²) in [5, 5.41) is 4.38. The Hall–Kier alpha value is -1.60. The van der Waals surface area contributed by atoms with E-state index in [1.807, 2.05) is 4.68 Å². The van der Waals surface area contributed by atoms with Gasteiger partial charge in [0.25, 0.3) is 0 Å². The molecule has 0 atom stereocenters. The second kappa shape index (κ2) is 5.65. The van der Waals surface area contributed by atoms with Gasteiger partial charge in [0.2, 0.25) is 10.0 Å². The molecule has 0 aromatic carbocycles. The van der Waals surface area contributed by atoms with Gasteiger partial charge in [-0.1, -0.05) is 12.8 Å². The Labute approximate surface area is 124 Å². The van der Waals surface area contributed by atoms with Gasteiger partial charge in [-0.3, -0.25) is 4.68 Å². The Morgan fingerprint density at radius 3 is 2.86 bits per heavy atom. The molecule has 1 N–H and O–H groups in total. The molecule has 0 aliphatic heterocycles. The number of hydrogen-bond donors (Lipinski definition) is 1. The van der Waals surface area contributed by atoms with Gasteiger partial charge in [-0.05, 0) is 31.9 Å². The predicted molar refractivity (Wildman–Crippen MR) is 77.2 cm³/mol. The molecule has 2 heterocycles. The fourth-order valence-corrected chi connectivity index (χ4v) is 3.91. The lowest BCUT2D eigenvalue weighted by Gasteiger charge is -2.08. The van der Waals surface area contributed by atoms with Crippen LogP contribution in [0.15, 0.2) is 33.9 Å². The van der Waals surface area contributed by atoms with Crippen LogP contribution < -0.4 is 4.72 Å². The summed E-state index contributed by atoms with van der Waals surface area (Å²) in [5.74, 6) is 0.583. The zero-order chi connectivity index (χ0) is 14.9. The highest BCUT2D eigenvalue weighted by Gasteiger charge is 2.24. The fourth-order valence-electron chi connectivity index (χ4n) is 2.74. The van der Waals surface area contributed by atoms with Gasteiger partial charge in [-0.25, -0.2) is 13.1 Å². The Kier molecular flexibility index (Phi) is 3.86. The Morgan fingerprint density at radius 1 is 1.43 bits per heavy atom. The molecule has 0 unspecified atom stereocenters. The molecule has 0 spiro atoms. The first-order valence-corrected chi connectivity index (χ1v) is 8.62. The van der Waals surface area contributed by atoms with E-state index in [0.29, 0.717) is 17.5 Å². The minimum absolute atomic E-state index is 0.142. The quantitative estimate of drug-likeness (QED) is 0.920. The standard InChI is InChI=1S/C14H19N3O3S/c1-11-14(10-17(16-11)12-5-2-3-6-12)21(18,19)15-9-13-7-4-8-20-13/h4,7-8,10,12,15H,2-3,5-6,9H2,1H3. The third kappa shape index (κ3) is 3.03. The molecule has 0 bridgehead atoms. The molecular formula is C14H19N3O3S. The van der Waals surface area contributed by atoms with Crippen molar-refractivity contribution in [3.05, 3.63) is 36.0 Å². The lowest BCUT2D eigenvalue weighted by Crippen LogP contribution is -2.23. The molecule has 0 radical (unpaired) electrons. The molecule has 2 aromatic rings. The minimum atomic E-state index is -3.57. The van der Waals surface area contributed by atoms with Crippen molar-refractivity contribution < 1.29 is 12.8 Å². The summed E-state index contributed by atoms with van der Waals surface area (Å²) in [5.41, 5.74) is 0.536. The average Bonchev–Trinajstić information content (AvgIpc) is 3.18. The van der Waals surface area contributed by atoms with Crippen LogP contribution >= 0.6 is 0 Å². The summed E-state index contributed by atoms with van der Waals surface area (Å²) >= 11 is 0. The number of furan rings is 1. The normalized spacial score (nSPS) is 16.6. The second-order valence-electron chi connectivity index (χ2n) is 5.40. The lowest BCUT2D eigenvalue weighted by atomic mass is 10.3. The maximum absolute atomic E-state index is 12.4. The van der Waals surface area contributed by atoms with E-state index in [9.17, 15) is 8.42 Å². The van der Waals surface area contributed by atoms with E-state index in [1.165, 1.54) is 19.1 Å². The monoisotopic (exact) mass is 309 g/mol. The average molecular weight is 309 g/mol. The highest BCUT2D eigenvalue weighted by Crippen LogP contribution is 2.30. The van der Waals surface area contributed by atoms with Crippen LogP contribution in [0.1, 0.15) is 43.2 Å². The Bertz CT molecular complexity index is 698. The van der Waals surface area contributed by atoms with Crippen molar-refractivity contribution in [2.24, 2.45) is 0 Å². The third-order valence-electron chi connectivity index (χ3n) is 3.88. The maximum Gasteiger partial charge on any atom is 0.244 e. The van der Waals surface area contributed by atoms with Crippen molar-refractivity contribution in [3.8, 4) is 0 Å². The number of aromatic nitrogens is 2. The fraction of sp³-hybridized carbons (Fsp3) is 0.500. The second-order valence-corrected chi connectivity index (χ2v) is 7.14. The van der Waals surface area contributed by atoms with Crippen molar-refractivity contribution in [3.63, 3.8) is 0 Å². The molecule has 2 aromatic heterocycles. The van der Waals surface area contributed by atoms with Gasteiger partial charge >= 0.3 is 0 Å². The van der Waals surface area contributed by atoms with Crippen molar-refractivity contribution in [2.45, 2.75) is 50.1 Å². The maximum atomic E-state index is 12.4. The minimum Gasteiger partial charge on any atom is -0.468 e. The molecular weight excluding hydrogens is 290 g/mol. The summed E-state index contributed by atoms with van der Waals surface area (Å²) < 4.78 is 34.2. The number of rotatable bonds is 5. The van der Waals surface area contributed by atoms with Gasteiger partial charge < -0.3 is 4.42 Å². The zero-order valence-electron chi connectivity index (χ0n) is 11.9. The van der Waals surface area contributed by atoms with Crippen molar-refractivity contribution in [2.75, 3.05) is 0 Å². The first-order valence-electron chi connectivity index (χ1n) is 7.14. The van der Waals surface area contributed by atoms with Crippen LogP contribution in [0.2, 0.25) is 0 Å². The van der Waals surface area contributed by atoms with Crippen LogP contribution in [0.4, 0.5) is 0 Å². The van der Waals surface area contributed by atoms with Crippen molar-refractivity contribution in [1.82, 2.24) is 14.5 Å². The largest absolute Gasteiger partial charge is 0.468 e. The number of sulfonamides is 1. The number of nitrogens with one attached hydrogen (secondary N) is 1. The summed E-state index contributed by atoms with van der Waals surface area (Å²) in [7, 11) is -3.57. The third-order valence-corrected chi connectivity index (χ3v) is 5.38. The molecule has 1 fully saturated rings. The molecule has 114 valence electrons. The van der Waals surface area contributed by atoms with E-state index in [4.69, 9.17) is 4.42 Å². The van der Waals surface area contributed by atoms with E-state index in [1.54, 1.807) is 25.3 Å². The molecule has 3 rings (SSSR count). The first-order chi connectivity index (χ1) is 10.1. The summed E-state index contributed by atoms with van der Waals surface area (Å²) in [6.07, 6.45) is 7.68. The molecule has 1 aliphatic rings. The molecule has 7 heteroatoms. The Balaban J connectivity index is 1.78. The van der Waals surface area contributed by atoms with Crippen LogP contribution in [0.25, 0.3) is 0 Å². The van der Waals surface area contributed by atoms with Crippen LogP contribution in [0, 0.1) is 6.92 Å². The number of nitrogens with zero attached hydrogens (tertiary/aromatic N) is 2. The topological polar surface area (TPSA) is 77.1 Å². The molecule has 0 amide bonds. The van der Waals surface area contributed by atoms with E-state index in [2.05, 4.69) is 9.82 Å². The smallest absolute Gasteiger partial charge is 0.244 e. The molecule has 0 saturated heterocycles. The van der Waals surface area contributed by atoms with E-state index < -0.39 is 10.0 Å². The SMILES string of the molecule is Cc1nn(C2CCCC2)cc1S(=O)(=O)NCc1ccco1. The number of aryl methyl sites for hydroxylation is 1. The summed E-state index contributed by atoms with van der Waals surface area (Å²) in [4.78, 5) is 0.251. The van der Waals surface area contributed by atoms with Crippen LogP contribution in [-0.4, -0.2) is 18.2 Å². The van der Waals surface area contributed by atoms with Gasteiger partial charge in [0.1, 0.15) is 10.7 Å². The van der Waals surface area contributed by atoms with Crippen LogP contribution in [-0.2, 0) is 16.6 Å². The summed E-state index contributed by atoms with van der Waals surface area (Å²) in [6, 6.07) is 3.79. The van der Waals surface area contributed by atoms with Gasteiger partial charge in [0.05, 0.1) is 24.5 Å². The Morgan fingerprint density at radius 2 is 2.19 bits per heavy atom. The highest BCUT2D eigenvalue weighted by molar-refractivity contribution is 7.89. The van der Waals surface area contributed by atoms with E-state index in [-0.39, 0.29) is 11.4 Å². The van der Waals surface area contributed by atoms with Gasteiger partial charge in [0, 0.05) is 6.20 Å². The molecule has 1 aliphatic carbocycles. The van der Waals surface area contributed by atoms with Crippen molar-refractivity contribution >= 4 is 10.0 Å². The predicted octanol–water partition coefficient (Wildman–Crippen LogP) is 2.38. The zero-order valence-corrected chi connectivity index (χ0v) is 12.8. The van der Waals surface area contributed by atoms with Gasteiger partial charge in [0.15, 0.2) is 0 Å². The lowest BCUT2D eigenvalue weighted by molar-refractivity contribution is 0.464. The van der Waals surface area contributed by atoms with E-state index >= 15 is 0 Å². The molecule has 21 heavy (non-hydrogen) atoms.